The first kappa shape index (κ1) is 13.9. The van der Waals surface area contributed by atoms with Gasteiger partial charge in [-0.3, -0.25) is 4.79 Å². The van der Waals surface area contributed by atoms with Gasteiger partial charge in [0, 0.05) is 9.37 Å². The van der Waals surface area contributed by atoms with Crippen molar-refractivity contribution >= 4 is 33.7 Å². The molecule has 18 heavy (non-hydrogen) atoms. The van der Waals surface area contributed by atoms with Crippen molar-refractivity contribution in [3.05, 3.63) is 28.7 Å². The number of carbonyl (C=O) groups is 1. The Bertz CT molecular complexity index is 426. The molecule has 0 heterocycles. The summed E-state index contributed by atoms with van der Waals surface area (Å²) < 4.78 is 0.347. The van der Waals surface area contributed by atoms with E-state index in [1.165, 1.54) is 11.8 Å². The van der Waals surface area contributed by atoms with Crippen LogP contribution in [0.1, 0.15) is 38.5 Å². The third kappa shape index (κ3) is 3.09. The van der Waals surface area contributed by atoms with E-state index >= 15 is 0 Å². The van der Waals surface area contributed by atoms with Crippen LogP contribution >= 0.6 is 27.7 Å². The Hall–Kier alpha value is -0.480. The van der Waals surface area contributed by atoms with Gasteiger partial charge in [-0.15, -0.1) is 11.8 Å². The van der Waals surface area contributed by atoms with E-state index in [1.54, 1.807) is 0 Å². The number of halogens is 1. The molecule has 0 radical (unpaired) electrons. The van der Waals surface area contributed by atoms with Gasteiger partial charge in [-0.2, -0.15) is 0 Å². The highest BCUT2D eigenvalue weighted by molar-refractivity contribution is 9.10. The lowest BCUT2D eigenvalue weighted by Gasteiger charge is -2.27. The minimum absolute atomic E-state index is 0.639. The van der Waals surface area contributed by atoms with Crippen LogP contribution in [0.25, 0.3) is 0 Å². The summed E-state index contributed by atoms with van der Waals surface area (Å²) in [6, 6.07) is 7.87. The molecule has 0 spiro atoms. The Morgan fingerprint density at radius 2 is 1.78 bits per heavy atom. The Balaban J connectivity index is 2.25. The van der Waals surface area contributed by atoms with E-state index in [4.69, 9.17) is 0 Å². The molecule has 0 aliphatic heterocycles. The van der Waals surface area contributed by atoms with Crippen LogP contribution in [0.3, 0.4) is 0 Å². The molecular formula is C14H17BrO2S. The summed E-state index contributed by atoms with van der Waals surface area (Å²) >= 11 is 5.02. The van der Waals surface area contributed by atoms with E-state index < -0.39 is 10.7 Å². The second-order valence-electron chi connectivity index (χ2n) is 4.75. The molecule has 4 heteroatoms. The minimum atomic E-state index is -0.662. The zero-order valence-corrected chi connectivity index (χ0v) is 12.6. The van der Waals surface area contributed by atoms with Gasteiger partial charge in [-0.1, -0.05) is 37.8 Å². The van der Waals surface area contributed by atoms with Gasteiger partial charge < -0.3 is 5.11 Å². The number of carboxylic acids is 1. The quantitative estimate of drug-likeness (QED) is 0.816. The predicted octanol–water partition coefficient (Wildman–Crippen LogP) is 4.72. The van der Waals surface area contributed by atoms with Gasteiger partial charge in [0.2, 0.25) is 0 Å². The van der Waals surface area contributed by atoms with Crippen LogP contribution in [0.15, 0.2) is 33.6 Å². The maximum Gasteiger partial charge on any atom is 0.320 e. The molecule has 0 atom stereocenters. The molecule has 1 aliphatic carbocycles. The van der Waals surface area contributed by atoms with Crippen molar-refractivity contribution in [1.29, 1.82) is 0 Å². The van der Waals surface area contributed by atoms with Gasteiger partial charge in [0.1, 0.15) is 4.75 Å². The summed E-state index contributed by atoms with van der Waals surface area (Å²) in [6.45, 7) is 0. The highest BCUT2D eigenvalue weighted by Crippen LogP contribution is 2.45. The molecule has 1 aromatic rings. The lowest BCUT2D eigenvalue weighted by atomic mass is 9.99. The lowest BCUT2D eigenvalue weighted by Crippen LogP contribution is -2.34. The number of rotatable bonds is 3. The summed E-state index contributed by atoms with van der Waals surface area (Å²) in [5, 5.41) is 9.63. The molecule has 98 valence electrons. The molecule has 1 N–H and O–H groups in total. The Morgan fingerprint density at radius 1 is 1.17 bits per heavy atom. The fourth-order valence-electron chi connectivity index (χ4n) is 2.40. The third-order valence-electron chi connectivity index (χ3n) is 3.44. The van der Waals surface area contributed by atoms with Crippen molar-refractivity contribution in [2.24, 2.45) is 0 Å². The minimum Gasteiger partial charge on any atom is -0.480 e. The van der Waals surface area contributed by atoms with E-state index in [1.807, 2.05) is 24.3 Å². The molecule has 0 bridgehead atoms. The van der Waals surface area contributed by atoms with Gasteiger partial charge >= 0.3 is 5.97 Å². The molecule has 1 aromatic carbocycles. The monoisotopic (exact) mass is 328 g/mol. The molecule has 0 saturated heterocycles. The highest BCUT2D eigenvalue weighted by atomic mass is 79.9. The van der Waals surface area contributed by atoms with Gasteiger partial charge in [-0.25, -0.2) is 0 Å². The average molecular weight is 329 g/mol. The largest absolute Gasteiger partial charge is 0.480 e. The lowest BCUT2D eigenvalue weighted by molar-refractivity contribution is -0.140. The smallest absolute Gasteiger partial charge is 0.320 e. The zero-order chi connectivity index (χ0) is 13.0. The van der Waals surface area contributed by atoms with E-state index in [2.05, 4.69) is 15.9 Å². The van der Waals surface area contributed by atoms with Crippen LogP contribution in [0.5, 0.6) is 0 Å². The Morgan fingerprint density at radius 3 is 2.33 bits per heavy atom. The average Bonchev–Trinajstić information content (AvgIpc) is 2.59. The zero-order valence-electron chi connectivity index (χ0n) is 10.2. The van der Waals surface area contributed by atoms with Gasteiger partial charge in [0.15, 0.2) is 0 Å². The van der Waals surface area contributed by atoms with E-state index in [0.717, 1.165) is 47.9 Å². The maximum absolute atomic E-state index is 11.7. The van der Waals surface area contributed by atoms with Crippen LogP contribution in [0, 0.1) is 0 Å². The van der Waals surface area contributed by atoms with Gasteiger partial charge in [-0.05, 0) is 40.9 Å². The molecule has 0 aromatic heterocycles. The van der Waals surface area contributed by atoms with E-state index in [-0.39, 0.29) is 0 Å². The number of benzene rings is 1. The molecule has 0 amide bonds. The number of carboxylic acid groups (broad SMARTS) is 1. The highest BCUT2D eigenvalue weighted by Gasteiger charge is 2.40. The predicted molar refractivity (Wildman–Crippen MR) is 78.1 cm³/mol. The first-order valence-corrected chi connectivity index (χ1v) is 7.92. The van der Waals surface area contributed by atoms with Crippen molar-refractivity contribution < 1.29 is 9.90 Å². The van der Waals surface area contributed by atoms with Gasteiger partial charge in [0.05, 0.1) is 0 Å². The summed E-state index contributed by atoms with van der Waals surface area (Å²) in [5.41, 5.74) is 0. The molecule has 2 nitrogen and oxygen atoms in total. The van der Waals surface area contributed by atoms with Crippen molar-refractivity contribution in [2.75, 3.05) is 0 Å². The summed E-state index contributed by atoms with van der Waals surface area (Å²) in [4.78, 5) is 12.7. The number of aliphatic carboxylic acids is 1. The molecule has 1 saturated carbocycles. The fourth-order valence-corrected chi connectivity index (χ4v) is 4.24. The third-order valence-corrected chi connectivity index (χ3v) is 5.95. The molecular weight excluding hydrogens is 312 g/mol. The first-order chi connectivity index (χ1) is 8.64. The first-order valence-electron chi connectivity index (χ1n) is 6.31. The number of hydrogen-bond acceptors (Lipinski definition) is 2. The Labute approximate surface area is 120 Å². The van der Waals surface area contributed by atoms with E-state index in [0.29, 0.717) is 0 Å². The SMILES string of the molecule is O=C(O)C1(Sc2ccccc2Br)CCCCCC1. The molecule has 2 rings (SSSR count). The summed E-state index contributed by atoms with van der Waals surface area (Å²) in [5.74, 6) is -0.662. The van der Waals surface area contributed by atoms with Crippen molar-refractivity contribution in [3.8, 4) is 0 Å². The maximum atomic E-state index is 11.7. The summed E-state index contributed by atoms with van der Waals surface area (Å²) in [7, 11) is 0. The topological polar surface area (TPSA) is 37.3 Å². The fraction of sp³-hybridized carbons (Fsp3) is 0.500. The standard InChI is InChI=1S/C14H17BrO2S/c15-11-7-3-4-8-12(11)18-14(13(16)17)9-5-1-2-6-10-14/h3-4,7-8H,1-2,5-6,9-10H2,(H,16,17). The second-order valence-corrected chi connectivity index (χ2v) is 7.03. The molecule has 0 unspecified atom stereocenters. The Kier molecular flexibility index (Phi) is 4.73. The molecule has 1 aliphatic rings. The molecule has 1 fully saturated rings. The van der Waals surface area contributed by atoms with Gasteiger partial charge in [0.25, 0.3) is 0 Å². The van der Waals surface area contributed by atoms with Crippen molar-refractivity contribution in [2.45, 2.75) is 48.2 Å². The number of hydrogen-bond donors (Lipinski definition) is 1. The van der Waals surface area contributed by atoms with Crippen LogP contribution < -0.4 is 0 Å². The van der Waals surface area contributed by atoms with Crippen molar-refractivity contribution in [3.63, 3.8) is 0 Å². The van der Waals surface area contributed by atoms with Crippen LogP contribution in [0.4, 0.5) is 0 Å². The van der Waals surface area contributed by atoms with Crippen molar-refractivity contribution in [1.82, 2.24) is 0 Å². The normalized spacial score (nSPS) is 19.2. The van der Waals surface area contributed by atoms with Crippen LogP contribution in [-0.2, 0) is 4.79 Å². The number of thioether (sulfide) groups is 1. The summed E-state index contributed by atoms with van der Waals surface area (Å²) in [6.07, 6.45) is 5.90. The van der Waals surface area contributed by atoms with Crippen LogP contribution in [0.2, 0.25) is 0 Å². The second kappa shape index (κ2) is 6.11. The van der Waals surface area contributed by atoms with E-state index in [9.17, 15) is 9.90 Å². The van der Waals surface area contributed by atoms with Crippen LogP contribution in [-0.4, -0.2) is 15.8 Å².